The predicted octanol–water partition coefficient (Wildman–Crippen LogP) is 14.6. The van der Waals surface area contributed by atoms with Crippen molar-refractivity contribution in [2.45, 2.75) is 0 Å². The molecule has 0 saturated carbocycles. The van der Waals surface area contributed by atoms with E-state index in [2.05, 4.69) is 211 Å². The molecule has 286 valence electrons. The molecule has 0 aliphatic carbocycles. The highest BCUT2D eigenvalue weighted by Crippen LogP contribution is 2.40. The number of aromatic nitrogens is 4. The molecule has 11 aromatic rings. The van der Waals surface area contributed by atoms with Gasteiger partial charge < -0.3 is 4.57 Å². The first kappa shape index (κ1) is 35.9. The molecule has 0 unspecified atom stereocenters. The maximum atomic E-state index is 5.39. The number of fused-ring (bicyclic) bond motifs is 3. The summed E-state index contributed by atoms with van der Waals surface area (Å²) in [5, 5.41) is 2.37. The van der Waals surface area contributed by atoms with Gasteiger partial charge in [0.25, 0.3) is 0 Å². The van der Waals surface area contributed by atoms with Gasteiger partial charge in [-0.2, -0.15) is 0 Å². The molecule has 0 saturated heterocycles. The van der Waals surface area contributed by atoms with Crippen molar-refractivity contribution in [2.75, 3.05) is 0 Å². The topological polar surface area (TPSA) is 43.6 Å². The normalized spacial score (nSPS) is 11.3. The van der Waals surface area contributed by atoms with Crippen LogP contribution in [-0.4, -0.2) is 19.5 Å². The van der Waals surface area contributed by atoms with Gasteiger partial charge in [-0.1, -0.05) is 188 Å². The number of rotatable bonds is 8. The van der Waals surface area contributed by atoms with Crippen LogP contribution < -0.4 is 0 Å². The van der Waals surface area contributed by atoms with E-state index < -0.39 is 0 Å². The lowest BCUT2D eigenvalue weighted by Crippen LogP contribution is -2.04. The molecule has 0 amide bonds. The van der Waals surface area contributed by atoms with Gasteiger partial charge in [0.2, 0.25) is 0 Å². The van der Waals surface area contributed by atoms with Crippen LogP contribution in [0.3, 0.4) is 0 Å². The van der Waals surface area contributed by atoms with Gasteiger partial charge in [-0.25, -0.2) is 15.0 Å². The van der Waals surface area contributed by atoms with Gasteiger partial charge in [-0.15, -0.1) is 0 Å². The SMILES string of the molecule is c1ccc(-c2cc(-c3ccccc3)cc(-c3ccc(-c4nc(-c5ccccc5)nc(-c5ccccc5-c5ccccc5)n4)c(-n4c5ccccc5c5ccccc54)c3)c2)cc1. The van der Waals surface area contributed by atoms with Gasteiger partial charge >= 0.3 is 0 Å². The largest absolute Gasteiger partial charge is 0.308 e. The van der Waals surface area contributed by atoms with E-state index in [0.717, 1.165) is 66.8 Å². The second kappa shape index (κ2) is 15.5. The molecule has 0 spiro atoms. The van der Waals surface area contributed by atoms with E-state index in [1.807, 2.05) is 24.3 Å². The van der Waals surface area contributed by atoms with Crippen LogP contribution in [0.5, 0.6) is 0 Å². The molecule has 0 aliphatic heterocycles. The van der Waals surface area contributed by atoms with Crippen LogP contribution in [0, 0.1) is 0 Å². The minimum absolute atomic E-state index is 0.596. The summed E-state index contributed by atoms with van der Waals surface area (Å²) in [6, 6.07) is 81.2. The highest BCUT2D eigenvalue weighted by atomic mass is 15.1. The quantitative estimate of drug-likeness (QED) is 0.154. The summed E-state index contributed by atoms with van der Waals surface area (Å²) in [5.74, 6) is 1.82. The number of hydrogen-bond donors (Lipinski definition) is 0. The average molecular weight is 779 g/mol. The first-order valence-electron chi connectivity index (χ1n) is 20.6. The van der Waals surface area contributed by atoms with Crippen LogP contribution in [-0.2, 0) is 0 Å². The fraction of sp³-hybridized carbons (Fsp3) is 0. The second-order valence-electron chi connectivity index (χ2n) is 15.2. The molecular formula is C57H38N4. The predicted molar refractivity (Wildman–Crippen MR) is 252 cm³/mol. The molecule has 0 fully saturated rings. The Morgan fingerprint density at radius 3 is 1.21 bits per heavy atom. The fourth-order valence-corrected chi connectivity index (χ4v) is 8.54. The Balaban J connectivity index is 1.19. The molecule has 11 rings (SSSR count). The first-order chi connectivity index (χ1) is 30.2. The average Bonchev–Trinajstić information content (AvgIpc) is 3.69. The Labute approximate surface area is 354 Å². The summed E-state index contributed by atoms with van der Waals surface area (Å²) in [6.07, 6.45) is 0. The molecule has 0 radical (unpaired) electrons. The van der Waals surface area contributed by atoms with Gasteiger partial charge in [-0.05, 0) is 87.0 Å². The Bertz CT molecular complexity index is 3230. The molecule has 0 atom stereocenters. The molecule has 4 heteroatoms. The smallest absolute Gasteiger partial charge is 0.166 e. The van der Waals surface area contributed by atoms with Gasteiger partial charge in [0, 0.05) is 27.5 Å². The zero-order valence-electron chi connectivity index (χ0n) is 33.2. The monoisotopic (exact) mass is 778 g/mol. The molecule has 2 aromatic heterocycles. The van der Waals surface area contributed by atoms with E-state index in [4.69, 9.17) is 15.0 Å². The molecule has 0 aliphatic rings. The summed E-state index contributed by atoms with van der Waals surface area (Å²) >= 11 is 0. The third kappa shape index (κ3) is 6.76. The summed E-state index contributed by atoms with van der Waals surface area (Å²) in [5.41, 5.74) is 15.0. The number of benzene rings is 9. The Hall–Kier alpha value is -8.21. The molecule has 61 heavy (non-hydrogen) atoms. The van der Waals surface area contributed by atoms with Crippen molar-refractivity contribution in [3.8, 4) is 84.4 Å². The summed E-state index contributed by atoms with van der Waals surface area (Å²) < 4.78 is 2.38. The zero-order chi connectivity index (χ0) is 40.5. The van der Waals surface area contributed by atoms with Crippen molar-refractivity contribution in [1.82, 2.24) is 19.5 Å². The minimum Gasteiger partial charge on any atom is -0.308 e. The van der Waals surface area contributed by atoms with E-state index in [9.17, 15) is 0 Å². The second-order valence-corrected chi connectivity index (χ2v) is 15.2. The van der Waals surface area contributed by atoms with Crippen molar-refractivity contribution in [2.24, 2.45) is 0 Å². The highest BCUT2D eigenvalue weighted by molar-refractivity contribution is 6.10. The molecule has 9 aromatic carbocycles. The number of para-hydroxylation sites is 2. The van der Waals surface area contributed by atoms with Gasteiger partial charge in [0.05, 0.1) is 16.7 Å². The van der Waals surface area contributed by atoms with E-state index in [-0.39, 0.29) is 0 Å². The van der Waals surface area contributed by atoms with Gasteiger partial charge in [0.15, 0.2) is 17.5 Å². The summed E-state index contributed by atoms with van der Waals surface area (Å²) in [4.78, 5) is 15.9. The fourth-order valence-electron chi connectivity index (χ4n) is 8.54. The van der Waals surface area contributed by atoms with Crippen molar-refractivity contribution in [1.29, 1.82) is 0 Å². The lowest BCUT2D eigenvalue weighted by atomic mass is 9.92. The summed E-state index contributed by atoms with van der Waals surface area (Å²) in [7, 11) is 0. The van der Waals surface area contributed by atoms with Gasteiger partial charge in [0.1, 0.15) is 0 Å². The van der Waals surface area contributed by atoms with Crippen molar-refractivity contribution >= 4 is 21.8 Å². The number of hydrogen-bond acceptors (Lipinski definition) is 3. The molecule has 4 nitrogen and oxygen atoms in total. The molecule has 0 N–H and O–H groups in total. The number of nitrogens with zero attached hydrogens (tertiary/aromatic N) is 4. The van der Waals surface area contributed by atoms with Crippen LogP contribution in [0.2, 0.25) is 0 Å². The van der Waals surface area contributed by atoms with E-state index in [1.165, 1.54) is 21.9 Å². The Morgan fingerprint density at radius 1 is 0.246 bits per heavy atom. The van der Waals surface area contributed by atoms with Crippen LogP contribution >= 0.6 is 0 Å². The zero-order valence-corrected chi connectivity index (χ0v) is 33.2. The summed E-state index contributed by atoms with van der Waals surface area (Å²) in [6.45, 7) is 0. The first-order valence-corrected chi connectivity index (χ1v) is 20.6. The van der Waals surface area contributed by atoms with Crippen LogP contribution in [0.4, 0.5) is 0 Å². The third-order valence-corrected chi connectivity index (χ3v) is 11.5. The van der Waals surface area contributed by atoms with E-state index in [0.29, 0.717) is 17.5 Å². The molecule has 0 bridgehead atoms. The van der Waals surface area contributed by atoms with E-state index in [1.54, 1.807) is 0 Å². The Morgan fingerprint density at radius 2 is 0.656 bits per heavy atom. The lowest BCUT2D eigenvalue weighted by molar-refractivity contribution is 1.06. The highest BCUT2D eigenvalue weighted by Gasteiger charge is 2.21. The van der Waals surface area contributed by atoms with Crippen molar-refractivity contribution in [3.05, 3.63) is 231 Å². The van der Waals surface area contributed by atoms with Crippen LogP contribution in [0.1, 0.15) is 0 Å². The molecule has 2 heterocycles. The van der Waals surface area contributed by atoms with E-state index >= 15 is 0 Å². The Kier molecular flexibility index (Phi) is 9.14. The standard InChI is InChI=1S/C57H38N4/c1-5-19-39(20-6-1)44-35-45(40-21-7-2-8-22-40)37-46(36-44)43-33-34-51(54(38-43)61-52-31-17-15-28-48(52)49-29-16-18-32-53(49)61)57-59-55(42-25-11-4-12-26-42)58-56(60-57)50-30-14-13-27-47(50)41-23-9-3-10-24-41/h1-38H. The molecular weight excluding hydrogens is 741 g/mol. The van der Waals surface area contributed by atoms with Crippen molar-refractivity contribution < 1.29 is 0 Å². The lowest BCUT2D eigenvalue weighted by Gasteiger charge is -2.18. The maximum Gasteiger partial charge on any atom is 0.166 e. The minimum atomic E-state index is 0.596. The van der Waals surface area contributed by atoms with Crippen molar-refractivity contribution in [3.63, 3.8) is 0 Å². The van der Waals surface area contributed by atoms with Crippen LogP contribution in [0.15, 0.2) is 231 Å². The van der Waals surface area contributed by atoms with Gasteiger partial charge in [-0.3, -0.25) is 0 Å². The van der Waals surface area contributed by atoms with Crippen LogP contribution in [0.25, 0.3) is 106 Å². The maximum absolute atomic E-state index is 5.39. The third-order valence-electron chi connectivity index (χ3n) is 11.5.